The minimum absolute atomic E-state index is 0.132. The van der Waals surface area contributed by atoms with Crippen molar-refractivity contribution in [1.82, 2.24) is 4.98 Å². The summed E-state index contributed by atoms with van der Waals surface area (Å²) in [5.41, 5.74) is 4.74. The van der Waals surface area contributed by atoms with Crippen LogP contribution in [0.25, 0.3) is 0 Å². The van der Waals surface area contributed by atoms with Crippen molar-refractivity contribution < 1.29 is 13.6 Å². The van der Waals surface area contributed by atoms with Gasteiger partial charge in [0.05, 0.1) is 11.3 Å². The highest BCUT2D eigenvalue weighted by Crippen LogP contribution is 2.54. The first-order chi connectivity index (χ1) is 16.8. The molecule has 186 valence electrons. The smallest absolute Gasteiger partial charge is 0.259 e. The average Bonchev–Trinajstić information content (AvgIpc) is 3.40. The number of hydrogen-bond donors (Lipinski definition) is 1. The molecule has 0 radical (unpaired) electrons. The van der Waals surface area contributed by atoms with E-state index in [9.17, 15) is 13.6 Å². The molecule has 1 aromatic carbocycles. The topological polar surface area (TPSA) is 48.5 Å². The van der Waals surface area contributed by atoms with Crippen LogP contribution in [-0.4, -0.2) is 43.0 Å². The molecule has 8 heteroatoms. The van der Waals surface area contributed by atoms with Crippen molar-refractivity contribution in [3.8, 4) is 0 Å². The Kier molecular flexibility index (Phi) is 5.78. The third-order valence-electron chi connectivity index (χ3n) is 8.47. The molecule has 6 rings (SSSR count). The Bertz CT molecular complexity index is 1150. The Hall–Kier alpha value is -2.22. The van der Waals surface area contributed by atoms with Gasteiger partial charge in [-0.15, -0.1) is 0 Å². The molecule has 0 atom stereocenters. The first-order valence-corrected chi connectivity index (χ1v) is 13.6. The van der Waals surface area contributed by atoms with Gasteiger partial charge in [-0.1, -0.05) is 22.0 Å². The van der Waals surface area contributed by atoms with Crippen LogP contribution in [0.1, 0.15) is 66.4 Å². The predicted octanol–water partition coefficient (Wildman–Crippen LogP) is 6.20. The van der Waals surface area contributed by atoms with E-state index < -0.39 is 5.92 Å². The van der Waals surface area contributed by atoms with E-state index in [4.69, 9.17) is 0 Å². The van der Waals surface area contributed by atoms with Crippen molar-refractivity contribution in [2.75, 3.05) is 41.3 Å². The van der Waals surface area contributed by atoms with Gasteiger partial charge in [0.15, 0.2) is 0 Å². The van der Waals surface area contributed by atoms with Gasteiger partial charge in [0.2, 0.25) is 0 Å². The van der Waals surface area contributed by atoms with Crippen LogP contribution >= 0.6 is 15.9 Å². The summed E-state index contributed by atoms with van der Waals surface area (Å²) >= 11 is 3.78. The summed E-state index contributed by atoms with van der Waals surface area (Å²) in [7, 11) is 0. The number of hydrogen-bond acceptors (Lipinski definition) is 4. The molecule has 3 fully saturated rings. The minimum Gasteiger partial charge on any atom is -0.371 e. The number of aromatic nitrogens is 1. The first kappa shape index (κ1) is 23.2. The van der Waals surface area contributed by atoms with E-state index in [0.717, 1.165) is 53.6 Å². The van der Waals surface area contributed by atoms with Crippen LogP contribution in [0.3, 0.4) is 0 Å². The van der Waals surface area contributed by atoms with Crippen LogP contribution in [-0.2, 0) is 12.8 Å². The number of rotatable bonds is 4. The van der Waals surface area contributed by atoms with E-state index in [0.29, 0.717) is 17.1 Å². The number of fused-ring (bicyclic) bond motifs is 1. The van der Waals surface area contributed by atoms with E-state index in [2.05, 4.69) is 37.2 Å². The second-order valence-corrected chi connectivity index (χ2v) is 11.6. The molecule has 2 aliphatic carbocycles. The van der Waals surface area contributed by atoms with Gasteiger partial charge in [-0.3, -0.25) is 4.79 Å². The largest absolute Gasteiger partial charge is 0.371 e. The fourth-order valence-electron chi connectivity index (χ4n) is 6.03. The summed E-state index contributed by atoms with van der Waals surface area (Å²) in [6, 6.07) is 7.57. The Morgan fingerprint density at radius 3 is 2.34 bits per heavy atom. The molecule has 5 nitrogen and oxygen atoms in total. The summed E-state index contributed by atoms with van der Waals surface area (Å²) in [5, 5.41) is 3.04. The zero-order chi connectivity index (χ0) is 24.2. The third kappa shape index (κ3) is 4.54. The number of pyridine rings is 1. The fourth-order valence-corrected chi connectivity index (χ4v) is 6.68. The molecule has 2 aliphatic heterocycles. The highest BCUT2D eigenvalue weighted by Gasteiger charge is 2.45. The zero-order valence-corrected chi connectivity index (χ0v) is 21.5. The number of nitrogens with zero attached hydrogens (tertiary/aromatic N) is 3. The van der Waals surface area contributed by atoms with Crippen molar-refractivity contribution in [3.05, 3.63) is 45.4 Å². The summed E-state index contributed by atoms with van der Waals surface area (Å²) in [6.45, 7) is 2.49. The van der Waals surface area contributed by atoms with Gasteiger partial charge >= 0.3 is 0 Å². The number of benzene rings is 1. The molecule has 1 aromatic heterocycles. The third-order valence-corrected chi connectivity index (χ3v) is 9.18. The van der Waals surface area contributed by atoms with Crippen molar-refractivity contribution in [2.24, 2.45) is 5.41 Å². The monoisotopic (exact) mass is 544 g/mol. The molecule has 0 unspecified atom stereocenters. The van der Waals surface area contributed by atoms with Gasteiger partial charge in [0.1, 0.15) is 11.6 Å². The van der Waals surface area contributed by atoms with Crippen LogP contribution in [0.15, 0.2) is 28.7 Å². The van der Waals surface area contributed by atoms with E-state index in [1.54, 1.807) is 6.07 Å². The van der Waals surface area contributed by atoms with Crippen LogP contribution < -0.4 is 15.1 Å². The maximum Gasteiger partial charge on any atom is 0.259 e. The van der Waals surface area contributed by atoms with Crippen molar-refractivity contribution in [3.63, 3.8) is 0 Å². The van der Waals surface area contributed by atoms with Crippen LogP contribution in [0.4, 0.5) is 26.1 Å². The predicted molar refractivity (Wildman–Crippen MR) is 138 cm³/mol. The second kappa shape index (κ2) is 8.71. The van der Waals surface area contributed by atoms with Crippen molar-refractivity contribution >= 4 is 39.2 Å². The number of piperidine rings is 2. The molecule has 35 heavy (non-hydrogen) atoms. The summed E-state index contributed by atoms with van der Waals surface area (Å²) in [6.07, 6.45) is 7.67. The number of anilines is 3. The summed E-state index contributed by atoms with van der Waals surface area (Å²) in [4.78, 5) is 22.6. The maximum absolute atomic E-state index is 13.8. The Balaban J connectivity index is 1.26. The van der Waals surface area contributed by atoms with Crippen molar-refractivity contribution in [2.45, 2.75) is 63.7 Å². The van der Waals surface area contributed by atoms with Gasteiger partial charge in [0.25, 0.3) is 11.8 Å². The van der Waals surface area contributed by atoms with Gasteiger partial charge in [-0.25, -0.2) is 13.8 Å². The molecule has 1 saturated carbocycles. The number of alkyl halides is 2. The molecule has 1 spiro atoms. The number of amides is 1. The highest BCUT2D eigenvalue weighted by atomic mass is 79.9. The van der Waals surface area contributed by atoms with Gasteiger partial charge in [-0.05, 0) is 79.7 Å². The molecule has 2 saturated heterocycles. The summed E-state index contributed by atoms with van der Waals surface area (Å²) in [5.74, 6) is -1.65. The fraction of sp³-hybridized carbons (Fsp3) is 0.556. The highest BCUT2D eigenvalue weighted by molar-refractivity contribution is 9.10. The lowest BCUT2D eigenvalue weighted by Crippen LogP contribution is -2.39. The number of carbonyl (C=O) groups excluding carboxylic acids is 1. The maximum atomic E-state index is 13.8. The normalized spacial score (nSPS) is 22.3. The van der Waals surface area contributed by atoms with Crippen LogP contribution in [0.2, 0.25) is 0 Å². The van der Waals surface area contributed by atoms with Gasteiger partial charge in [0, 0.05) is 43.5 Å². The molecule has 1 N–H and O–H groups in total. The number of nitrogens with one attached hydrogen (secondary N) is 1. The Morgan fingerprint density at radius 2 is 1.63 bits per heavy atom. The molecule has 4 aliphatic rings. The number of halogens is 3. The summed E-state index contributed by atoms with van der Waals surface area (Å²) < 4.78 is 28.3. The van der Waals surface area contributed by atoms with E-state index in [-0.39, 0.29) is 31.8 Å². The van der Waals surface area contributed by atoms with E-state index >= 15 is 0 Å². The SMILES string of the molecule is O=C(Nc1cccc(N2CCC(F)(F)CC2)n1)c1c(N2CCC3(CC2)CC3)cc(Br)c2c1CCC2. The van der Waals surface area contributed by atoms with Crippen LogP contribution in [0.5, 0.6) is 0 Å². The zero-order valence-electron chi connectivity index (χ0n) is 19.9. The van der Waals surface area contributed by atoms with Crippen LogP contribution in [0, 0.1) is 5.41 Å². The van der Waals surface area contributed by atoms with E-state index in [1.165, 1.54) is 31.2 Å². The number of carbonyl (C=O) groups is 1. The molecule has 2 aromatic rings. The molecule has 3 heterocycles. The van der Waals surface area contributed by atoms with Crippen molar-refractivity contribution in [1.29, 1.82) is 0 Å². The first-order valence-electron chi connectivity index (χ1n) is 12.8. The lowest BCUT2D eigenvalue weighted by Gasteiger charge is -2.35. The Morgan fingerprint density at radius 1 is 0.943 bits per heavy atom. The standard InChI is InChI=1S/C27H31BrF2N4O/c28-20-17-21(33-13-9-26(7-8-26)10-14-33)24(19-4-1-3-18(19)20)25(35)32-22-5-2-6-23(31-22)34-15-11-27(29,30)12-16-34/h2,5-6,17H,1,3-4,7-16H2,(H,31,32,35). The molecular weight excluding hydrogens is 514 g/mol. The lowest BCUT2D eigenvalue weighted by atomic mass is 9.92. The quantitative estimate of drug-likeness (QED) is 0.497. The second-order valence-electron chi connectivity index (χ2n) is 10.7. The van der Waals surface area contributed by atoms with Gasteiger partial charge in [-0.2, -0.15) is 0 Å². The average molecular weight is 545 g/mol. The Labute approximate surface area is 213 Å². The minimum atomic E-state index is -2.60. The van der Waals surface area contributed by atoms with Gasteiger partial charge < -0.3 is 15.1 Å². The molecular formula is C27H31BrF2N4O. The van der Waals surface area contributed by atoms with E-state index in [1.807, 2.05) is 17.0 Å². The lowest BCUT2D eigenvalue weighted by molar-refractivity contribution is -0.0221. The molecule has 1 amide bonds. The molecule has 0 bridgehead atoms.